The number of rotatable bonds is 9. The molecule has 1 aromatic rings. The lowest BCUT2D eigenvalue weighted by Gasteiger charge is -2.31. The van der Waals surface area contributed by atoms with E-state index in [1.54, 1.807) is 0 Å². The molecular weight excluding hydrogens is 362 g/mol. The van der Waals surface area contributed by atoms with Crippen LogP contribution in [0, 0.1) is 12.3 Å². The maximum atomic E-state index is 12.5. The first-order valence-electron chi connectivity index (χ1n) is 9.06. The van der Waals surface area contributed by atoms with Crippen molar-refractivity contribution in [1.82, 2.24) is 5.32 Å². The molecule has 2 nitrogen and oxygen atoms in total. The van der Waals surface area contributed by atoms with E-state index in [1.807, 2.05) is 20.9 Å². The number of aryl methyl sites for hydroxylation is 1. The second kappa shape index (κ2) is 11.0. The van der Waals surface area contributed by atoms with Crippen LogP contribution in [0.25, 0.3) is 0 Å². The summed E-state index contributed by atoms with van der Waals surface area (Å²) in [6.07, 6.45) is 3.07. The molecule has 0 bridgehead atoms. The van der Waals surface area contributed by atoms with Gasteiger partial charge in [0.15, 0.2) is 5.78 Å². The van der Waals surface area contributed by atoms with Crippen molar-refractivity contribution in [2.45, 2.75) is 66.2 Å². The van der Waals surface area contributed by atoms with E-state index in [1.165, 1.54) is 5.56 Å². The minimum absolute atomic E-state index is 0.264. The standard InChI is InChI=1S/C19H30BrNO.C2H6/c1-15-7-9-16(10-8-15)19(4,17(22)13-20)12-6-11-18(2,3)14-21-5;1-2/h7-10,21H,6,11-14H2,1-5H3;1-2H3. The number of alkyl halides is 1. The molecule has 1 atom stereocenters. The van der Waals surface area contributed by atoms with E-state index in [2.05, 4.69) is 73.2 Å². The van der Waals surface area contributed by atoms with E-state index in [9.17, 15) is 4.79 Å². The van der Waals surface area contributed by atoms with Crippen molar-refractivity contribution in [3.8, 4) is 0 Å². The lowest BCUT2D eigenvalue weighted by atomic mass is 9.73. The van der Waals surface area contributed by atoms with E-state index in [0.717, 1.165) is 31.4 Å². The van der Waals surface area contributed by atoms with E-state index >= 15 is 0 Å². The predicted octanol–water partition coefficient (Wildman–Crippen LogP) is 5.66. The van der Waals surface area contributed by atoms with Gasteiger partial charge in [-0.2, -0.15) is 0 Å². The van der Waals surface area contributed by atoms with Gasteiger partial charge in [-0.3, -0.25) is 4.79 Å². The first-order valence-corrected chi connectivity index (χ1v) is 10.2. The van der Waals surface area contributed by atoms with Crippen LogP contribution in [0.2, 0.25) is 0 Å². The molecule has 1 aromatic carbocycles. The van der Waals surface area contributed by atoms with E-state index in [4.69, 9.17) is 0 Å². The summed E-state index contributed by atoms with van der Waals surface area (Å²) < 4.78 is 0. The zero-order valence-electron chi connectivity index (χ0n) is 16.6. The van der Waals surface area contributed by atoms with Gasteiger partial charge in [-0.25, -0.2) is 0 Å². The molecule has 0 aliphatic heterocycles. The van der Waals surface area contributed by atoms with Crippen molar-refractivity contribution < 1.29 is 4.79 Å². The fraction of sp³-hybridized carbons (Fsp3) is 0.667. The molecule has 138 valence electrons. The molecule has 0 fully saturated rings. The topological polar surface area (TPSA) is 29.1 Å². The van der Waals surface area contributed by atoms with Crippen molar-refractivity contribution in [2.75, 3.05) is 18.9 Å². The number of carbonyl (C=O) groups excluding carboxylic acids is 1. The Morgan fingerprint density at radius 2 is 1.62 bits per heavy atom. The highest BCUT2D eigenvalue weighted by Crippen LogP contribution is 2.34. The van der Waals surface area contributed by atoms with Crippen LogP contribution in [0.15, 0.2) is 24.3 Å². The van der Waals surface area contributed by atoms with Crippen molar-refractivity contribution in [3.05, 3.63) is 35.4 Å². The number of hydrogen-bond acceptors (Lipinski definition) is 2. The molecule has 0 radical (unpaired) electrons. The second-order valence-electron chi connectivity index (χ2n) is 7.30. The quantitative estimate of drug-likeness (QED) is 0.544. The largest absolute Gasteiger partial charge is 0.319 e. The summed E-state index contributed by atoms with van der Waals surface area (Å²) in [5, 5.41) is 3.67. The minimum atomic E-state index is -0.396. The molecular formula is C21H36BrNO. The zero-order valence-corrected chi connectivity index (χ0v) is 18.2. The Morgan fingerprint density at radius 1 is 1.08 bits per heavy atom. The summed E-state index contributed by atoms with van der Waals surface area (Å²) in [5.74, 6) is 0.266. The van der Waals surface area contributed by atoms with Crippen molar-refractivity contribution in [3.63, 3.8) is 0 Å². The molecule has 0 spiro atoms. The molecule has 1 N–H and O–H groups in total. The lowest BCUT2D eigenvalue weighted by molar-refractivity contribution is -0.121. The third kappa shape index (κ3) is 7.06. The molecule has 24 heavy (non-hydrogen) atoms. The van der Waals surface area contributed by atoms with Crippen LogP contribution in [0.5, 0.6) is 0 Å². The smallest absolute Gasteiger partial charge is 0.153 e. The van der Waals surface area contributed by atoms with E-state index in [0.29, 0.717) is 5.33 Å². The van der Waals surface area contributed by atoms with Crippen LogP contribution >= 0.6 is 15.9 Å². The highest BCUT2D eigenvalue weighted by atomic mass is 79.9. The number of hydrogen-bond donors (Lipinski definition) is 1. The van der Waals surface area contributed by atoms with Gasteiger partial charge in [0.05, 0.1) is 10.7 Å². The molecule has 0 saturated heterocycles. The molecule has 1 unspecified atom stereocenters. The van der Waals surface area contributed by atoms with Crippen LogP contribution in [-0.2, 0) is 10.2 Å². The van der Waals surface area contributed by atoms with Gasteiger partial charge >= 0.3 is 0 Å². The van der Waals surface area contributed by atoms with Crippen LogP contribution < -0.4 is 5.32 Å². The number of Topliss-reactive ketones (excluding diaryl/α,β-unsaturated/α-hetero) is 1. The fourth-order valence-corrected chi connectivity index (χ4v) is 3.62. The van der Waals surface area contributed by atoms with E-state index in [-0.39, 0.29) is 11.2 Å². The average molecular weight is 398 g/mol. The monoisotopic (exact) mass is 397 g/mol. The third-order valence-electron chi connectivity index (χ3n) is 4.61. The summed E-state index contributed by atoms with van der Waals surface area (Å²) in [6.45, 7) is 13.7. The van der Waals surface area contributed by atoms with Crippen molar-refractivity contribution >= 4 is 21.7 Å². The van der Waals surface area contributed by atoms with Gasteiger partial charge in [0.1, 0.15) is 0 Å². The number of halogens is 1. The Kier molecular flexibility index (Phi) is 10.7. The van der Waals surface area contributed by atoms with Crippen molar-refractivity contribution in [1.29, 1.82) is 0 Å². The predicted molar refractivity (Wildman–Crippen MR) is 110 cm³/mol. The van der Waals surface area contributed by atoms with Crippen LogP contribution in [-0.4, -0.2) is 24.7 Å². The number of carbonyl (C=O) groups is 1. The first kappa shape index (κ1) is 23.3. The van der Waals surface area contributed by atoms with Gasteiger partial charge in [0.2, 0.25) is 0 Å². The second-order valence-corrected chi connectivity index (χ2v) is 7.86. The van der Waals surface area contributed by atoms with Crippen molar-refractivity contribution in [2.24, 2.45) is 5.41 Å². The molecule has 0 aliphatic carbocycles. The lowest BCUT2D eigenvalue weighted by Crippen LogP contribution is -2.34. The maximum Gasteiger partial charge on any atom is 0.153 e. The summed E-state index contributed by atoms with van der Waals surface area (Å²) in [4.78, 5) is 12.5. The molecule has 0 aliphatic rings. The molecule has 0 aromatic heterocycles. The SMILES string of the molecule is CC.CNCC(C)(C)CCCC(C)(C(=O)CBr)c1ccc(C)cc1. The fourth-order valence-electron chi connectivity index (χ4n) is 3.00. The Morgan fingerprint density at radius 3 is 2.08 bits per heavy atom. The van der Waals surface area contributed by atoms with Gasteiger partial charge in [-0.15, -0.1) is 0 Å². The summed E-state index contributed by atoms with van der Waals surface area (Å²) in [7, 11) is 1.99. The van der Waals surface area contributed by atoms with E-state index < -0.39 is 5.41 Å². The average Bonchev–Trinajstić information content (AvgIpc) is 2.56. The van der Waals surface area contributed by atoms with Gasteiger partial charge in [0.25, 0.3) is 0 Å². The number of ketones is 1. The highest BCUT2D eigenvalue weighted by Gasteiger charge is 2.34. The van der Waals surface area contributed by atoms with Gasteiger partial charge in [-0.05, 0) is 51.3 Å². The molecule has 0 heterocycles. The number of nitrogens with one attached hydrogen (secondary N) is 1. The van der Waals surface area contributed by atoms with Crippen LogP contribution in [0.3, 0.4) is 0 Å². The van der Waals surface area contributed by atoms with Crippen LogP contribution in [0.1, 0.15) is 65.0 Å². The summed E-state index contributed by atoms with van der Waals surface area (Å²) in [6, 6.07) is 8.41. The molecule has 1 rings (SSSR count). The highest BCUT2D eigenvalue weighted by molar-refractivity contribution is 9.09. The van der Waals surface area contributed by atoms with Crippen LogP contribution in [0.4, 0.5) is 0 Å². The first-order chi connectivity index (χ1) is 11.2. The third-order valence-corrected chi connectivity index (χ3v) is 5.12. The maximum absolute atomic E-state index is 12.5. The molecule has 0 amide bonds. The van der Waals surface area contributed by atoms with Gasteiger partial charge < -0.3 is 5.32 Å². The Labute approximate surface area is 157 Å². The summed E-state index contributed by atoms with van der Waals surface area (Å²) in [5.41, 5.74) is 2.23. The van der Waals surface area contributed by atoms with Gasteiger partial charge in [0, 0.05) is 0 Å². The summed E-state index contributed by atoms with van der Waals surface area (Å²) >= 11 is 3.36. The molecule has 0 saturated carbocycles. The zero-order chi connectivity index (χ0) is 18.8. The Balaban J connectivity index is 0.00000254. The Bertz CT molecular complexity index is 481. The van der Waals surface area contributed by atoms with Gasteiger partial charge in [-0.1, -0.05) is 79.9 Å². The normalized spacial score (nSPS) is 13.7. The molecule has 3 heteroatoms. The Hall–Kier alpha value is -0.670. The minimum Gasteiger partial charge on any atom is -0.319 e. The number of benzene rings is 1.